The maximum Gasteiger partial charge on any atom is 0.115 e. The van der Waals surface area contributed by atoms with Gasteiger partial charge in [-0.3, -0.25) is 0 Å². The summed E-state index contributed by atoms with van der Waals surface area (Å²) in [5, 5.41) is 9.17. The average molecular weight is 229 g/mol. The van der Waals surface area contributed by atoms with Gasteiger partial charge >= 0.3 is 0 Å². The smallest absolute Gasteiger partial charge is 0.115 e. The van der Waals surface area contributed by atoms with Crippen molar-refractivity contribution < 1.29 is 5.11 Å². The van der Waals surface area contributed by atoms with Gasteiger partial charge in [-0.2, -0.15) is 0 Å². The summed E-state index contributed by atoms with van der Waals surface area (Å²) in [5.41, 5.74) is 1.20. The molecule has 0 saturated carbocycles. The Labute approximate surface area is 81.6 Å². The molecule has 0 spiro atoms. The maximum atomic E-state index is 9.17. The molecule has 12 heavy (non-hydrogen) atoms. The Hall–Kier alpha value is -0.500. The van der Waals surface area contributed by atoms with Crippen molar-refractivity contribution in [3.63, 3.8) is 0 Å². The van der Waals surface area contributed by atoms with Crippen LogP contribution in [0.4, 0.5) is 0 Å². The summed E-state index contributed by atoms with van der Waals surface area (Å²) < 4.78 is 0. The van der Waals surface area contributed by atoms with Crippen LogP contribution in [0.15, 0.2) is 24.3 Å². The number of phenolic OH excluding ortho intramolecular Hbond substituents is 1. The van der Waals surface area contributed by atoms with Crippen molar-refractivity contribution >= 4 is 15.9 Å². The zero-order chi connectivity index (χ0) is 8.97. The number of halogens is 1. The van der Waals surface area contributed by atoms with Crippen molar-refractivity contribution in [1.29, 1.82) is 0 Å². The summed E-state index contributed by atoms with van der Waals surface area (Å²) in [6, 6.07) is 7.43. The summed E-state index contributed by atoms with van der Waals surface area (Å²) >= 11 is 3.49. The summed E-state index contributed by atoms with van der Waals surface area (Å²) in [7, 11) is 0. The molecule has 1 aromatic rings. The molecule has 2 heteroatoms. The number of rotatable bonds is 3. The van der Waals surface area contributed by atoms with E-state index >= 15 is 0 Å². The number of phenols is 1. The van der Waals surface area contributed by atoms with Crippen molar-refractivity contribution in [3.8, 4) is 5.75 Å². The molecule has 0 aromatic heterocycles. The third-order valence-electron chi connectivity index (χ3n) is 1.74. The SMILES string of the molecule is CC(Br)CCc1cccc(O)c1. The first-order valence-electron chi connectivity index (χ1n) is 4.10. The summed E-state index contributed by atoms with van der Waals surface area (Å²) in [6.07, 6.45) is 2.12. The highest BCUT2D eigenvalue weighted by Gasteiger charge is 1.98. The molecule has 0 bridgehead atoms. The Bertz CT molecular complexity index is 245. The van der Waals surface area contributed by atoms with E-state index in [9.17, 15) is 0 Å². The van der Waals surface area contributed by atoms with E-state index in [1.807, 2.05) is 18.2 Å². The van der Waals surface area contributed by atoms with E-state index in [4.69, 9.17) is 5.11 Å². The van der Waals surface area contributed by atoms with E-state index in [1.54, 1.807) is 6.07 Å². The monoisotopic (exact) mass is 228 g/mol. The van der Waals surface area contributed by atoms with Crippen LogP contribution in [0.1, 0.15) is 18.9 Å². The van der Waals surface area contributed by atoms with Gasteiger partial charge in [-0.05, 0) is 30.5 Å². The van der Waals surface area contributed by atoms with Gasteiger partial charge in [-0.25, -0.2) is 0 Å². The van der Waals surface area contributed by atoms with Crippen LogP contribution in [0.2, 0.25) is 0 Å². The van der Waals surface area contributed by atoms with Crippen molar-refractivity contribution in [1.82, 2.24) is 0 Å². The second kappa shape index (κ2) is 4.51. The molecule has 0 fully saturated rings. The molecule has 0 amide bonds. The highest BCUT2D eigenvalue weighted by molar-refractivity contribution is 9.09. The number of benzene rings is 1. The van der Waals surface area contributed by atoms with Gasteiger partial charge in [-0.1, -0.05) is 35.0 Å². The highest BCUT2D eigenvalue weighted by Crippen LogP contribution is 2.14. The number of aryl methyl sites for hydroxylation is 1. The molecular formula is C10H13BrO. The molecule has 0 radical (unpaired) electrons. The lowest BCUT2D eigenvalue weighted by molar-refractivity contribution is 0.474. The van der Waals surface area contributed by atoms with Gasteiger partial charge in [0.1, 0.15) is 5.75 Å². The van der Waals surface area contributed by atoms with Crippen molar-refractivity contribution in [2.75, 3.05) is 0 Å². The van der Waals surface area contributed by atoms with Crippen LogP contribution in [-0.2, 0) is 6.42 Å². The molecule has 0 saturated heterocycles. The van der Waals surface area contributed by atoms with E-state index in [1.165, 1.54) is 5.56 Å². The number of hydrogen-bond acceptors (Lipinski definition) is 1. The van der Waals surface area contributed by atoms with Crippen LogP contribution >= 0.6 is 15.9 Å². The number of alkyl halides is 1. The number of hydrogen-bond donors (Lipinski definition) is 1. The van der Waals surface area contributed by atoms with Crippen molar-refractivity contribution in [3.05, 3.63) is 29.8 Å². The fourth-order valence-electron chi connectivity index (χ4n) is 1.08. The van der Waals surface area contributed by atoms with Gasteiger partial charge in [0.05, 0.1) is 0 Å². The summed E-state index contributed by atoms with van der Waals surface area (Å²) in [4.78, 5) is 0.542. The van der Waals surface area contributed by atoms with Gasteiger partial charge in [0, 0.05) is 4.83 Å². The number of aromatic hydroxyl groups is 1. The zero-order valence-corrected chi connectivity index (χ0v) is 8.71. The highest BCUT2D eigenvalue weighted by atomic mass is 79.9. The predicted molar refractivity (Wildman–Crippen MR) is 54.8 cm³/mol. The van der Waals surface area contributed by atoms with Gasteiger partial charge in [0.15, 0.2) is 0 Å². The molecule has 1 atom stereocenters. The quantitative estimate of drug-likeness (QED) is 0.789. The Kier molecular flexibility index (Phi) is 3.60. The molecular weight excluding hydrogens is 216 g/mol. The molecule has 1 N–H and O–H groups in total. The average Bonchev–Trinajstić information content (AvgIpc) is 2.01. The Morgan fingerprint density at radius 2 is 2.25 bits per heavy atom. The molecule has 0 heterocycles. The van der Waals surface area contributed by atoms with Crippen LogP contribution in [0.3, 0.4) is 0 Å². The van der Waals surface area contributed by atoms with Crippen molar-refractivity contribution in [2.24, 2.45) is 0 Å². The molecule has 0 aliphatic rings. The summed E-state index contributed by atoms with van der Waals surface area (Å²) in [5.74, 6) is 0.356. The van der Waals surface area contributed by atoms with Crippen molar-refractivity contribution in [2.45, 2.75) is 24.6 Å². The van der Waals surface area contributed by atoms with Crippen LogP contribution in [0.25, 0.3) is 0 Å². The topological polar surface area (TPSA) is 20.2 Å². The van der Waals surface area contributed by atoms with Gasteiger partial charge in [0.2, 0.25) is 0 Å². The fraction of sp³-hybridized carbons (Fsp3) is 0.400. The minimum atomic E-state index is 0.356. The standard InChI is InChI=1S/C10H13BrO/c1-8(11)5-6-9-3-2-4-10(12)7-9/h2-4,7-8,12H,5-6H2,1H3. The largest absolute Gasteiger partial charge is 0.508 e. The molecule has 1 rings (SSSR count). The van der Waals surface area contributed by atoms with E-state index in [0.717, 1.165) is 12.8 Å². The van der Waals surface area contributed by atoms with Gasteiger partial charge in [-0.15, -0.1) is 0 Å². The first-order valence-corrected chi connectivity index (χ1v) is 5.02. The Balaban J connectivity index is 2.52. The molecule has 66 valence electrons. The molecule has 1 nitrogen and oxygen atoms in total. The van der Waals surface area contributed by atoms with Gasteiger partial charge < -0.3 is 5.11 Å². The lowest BCUT2D eigenvalue weighted by atomic mass is 10.1. The van der Waals surface area contributed by atoms with E-state index in [2.05, 4.69) is 22.9 Å². The van der Waals surface area contributed by atoms with Crippen LogP contribution < -0.4 is 0 Å². The van der Waals surface area contributed by atoms with Crippen LogP contribution in [0.5, 0.6) is 5.75 Å². The second-order valence-electron chi connectivity index (χ2n) is 2.99. The van der Waals surface area contributed by atoms with E-state index in [0.29, 0.717) is 10.6 Å². The first-order chi connectivity index (χ1) is 5.68. The molecule has 0 aliphatic carbocycles. The van der Waals surface area contributed by atoms with Crippen LogP contribution in [0, 0.1) is 0 Å². The lowest BCUT2D eigenvalue weighted by Crippen LogP contribution is -1.93. The zero-order valence-electron chi connectivity index (χ0n) is 7.13. The minimum absolute atomic E-state index is 0.356. The lowest BCUT2D eigenvalue weighted by Gasteiger charge is -2.03. The Morgan fingerprint density at radius 1 is 1.50 bits per heavy atom. The fourth-order valence-corrected chi connectivity index (χ4v) is 1.31. The third-order valence-corrected chi connectivity index (χ3v) is 2.20. The molecule has 1 aromatic carbocycles. The first kappa shape index (κ1) is 9.59. The molecule has 0 aliphatic heterocycles. The molecule has 1 unspecified atom stereocenters. The van der Waals surface area contributed by atoms with Gasteiger partial charge in [0.25, 0.3) is 0 Å². The van der Waals surface area contributed by atoms with E-state index < -0.39 is 0 Å². The van der Waals surface area contributed by atoms with Crippen LogP contribution in [-0.4, -0.2) is 9.93 Å². The predicted octanol–water partition coefficient (Wildman–Crippen LogP) is 3.11. The normalized spacial score (nSPS) is 12.8. The minimum Gasteiger partial charge on any atom is -0.508 e. The van der Waals surface area contributed by atoms with E-state index in [-0.39, 0.29) is 0 Å². The Morgan fingerprint density at radius 3 is 2.83 bits per heavy atom. The summed E-state index contributed by atoms with van der Waals surface area (Å²) in [6.45, 7) is 2.13. The second-order valence-corrected chi connectivity index (χ2v) is 4.55. The third kappa shape index (κ3) is 3.26. The maximum absolute atomic E-state index is 9.17.